The Morgan fingerprint density at radius 3 is 1.93 bits per heavy atom. The molecule has 0 unspecified atom stereocenters. The van der Waals surface area contributed by atoms with E-state index >= 15 is 0 Å². The van der Waals surface area contributed by atoms with Gasteiger partial charge in [-0.25, -0.2) is 4.39 Å². The normalized spacial score (nSPS) is 10.8. The highest BCUT2D eigenvalue weighted by molar-refractivity contribution is 5.64. The minimum absolute atomic E-state index is 0.268. The van der Waals surface area contributed by atoms with Crippen molar-refractivity contribution in [3.05, 3.63) is 70.6 Å². The molecule has 1 aromatic heterocycles. The maximum absolute atomic E-state index is 13.3. The number of nitrogens with zero attached hydrogens (tertiary/aromatic N) is 2. The minimum atomic E-state index is -0.388. The van der Waals surface area contributed by atoms with E-state index in [9.17, 15) is 14.5 Å². The van der Waals surface area contributed by atoms with Crippen LogP contribution in [0.3, 0.4) is 0 Å². The predicted octanol–water partition coefficient (Wildman–Crippen LogP) is 4.52. The van der Waals surface area contributed by atoms with Gasteiger partial charge in [0.2, 0.25) is 0 Å². The summed E-state index contributed by atoms with van der Waals surface area (Å²) in [4.78, 5) is 13.2. The van der Waals surface area contributed by atoms with Crippen LogP contribution in [-0.2, 0) is 0 Å². The number of aromatic nitrogens is 2. The average Bonchev–Trinajstić information content (AvgIpc) is 2.67. The lowest BCUT2D eigenvalue weighted by Gasteiger charge is -2.10. The highest BCUT2D eigenvalue weighted by Gasteiger charge is 2.28. The number of ether oxygens (including phenoxy) is 1. The second-order valence-corrected chi connectivity index (χ2v) is 6.35. The van der Waals surface area contributed by atoms with Crippen LogP contribution in [0.2, 0.25) is 0 Å². The van der Waals surface area contributed by atoms with Crippen LogP contribution in [0.25, 0.3) is 22.5 Å². The first kappa shape index (κ1) is 18.6. The Kier molecular flexibility index (Phi) is 5.26. The quantitative estimate of drug-likeness (QED) is 0.531. The van der Waals surface area contributed by atoms with Gasteiger partial charge in [0.15, 0.2) is 0 Å². The molecule has 0 spiro atoms. The summed E-state index contributed by atoms with van der Waals surface area (Å²) >= 11 is 0. The lowest BCUT2D eigenvalue weighted by Crippen LogP contribution is -2.28. The topological polar surface area (TPSA) is 57.4 Å². The molecule has 0 aliphatic rings. The van der Waals surface area contributed by atoms with Gasteiger partial charge in [-0.2, -0.15) is 4.73 Å². The Balaban J connectivity index is 2.16. The first-order valence-corrected chi connectivity index (χ1v) is 8.81. The summed E-state index contributed by atoms with van der Waals surface area (Å²) in [6.07, 6.45) is 0.908. The summed E-state index contributed by atoms with van der Waals surface area (Å²) in [6, 6.07) is 12.8. The third-order valence-corrected chi connectivity index (χ3v) is 4.45. The van der Waals surface area contributed by atoms with Gasteiger partial charge in [-0.1, -0.05) is 6.92 Å². The van der Waals surface area contributed by atoms with Crippen molar-refractivity contribution in [1.82, 2.24) is 4.73 Å². The SMILES string of the molecule is CCCOc1ccc(-c2c(C)n(O)c(C)c(-c3ccc(F)cc3)[n+]2=O)cc1. The van der Waals surface area contributed by atoms with Gasteiger partial charge in [-0.3, -0.25) is 0 Å². The van der Waals surface area contributed by atoms with Gasteiger partial charge in [0.1, 0.15) is 23.0 Å². The molecule has 0 radical (unpaired) electrons. The van der Waals surface area contributed by atoms with Gasteiger partial charge < -0.3 is 9.94 Å². The predicted molar refractivity (Wildman–Crippen MR) is 101 cm³/mol. The van der Waals surface area contributed by atoms with E-state index in [0.29, 0.717) is 34.8 Å². The molecule has 3 aromatic rings. The van der Waals surface area contributed by atoms with Crippen LogP contribution in [0.4, 0.5) is 4.39 Å². The summed E-state index contributed by atoms with van der Waals surface area (Å²) in [5.41, 5.74) is 2.55. The molecule has 6 heteroatoms. The number of rotatable bonds is 5. The molecule has 140 valence electrons. The molecular weight excluding hydrogens is 347 g/mol. The zero-order valence-electron chi connectivity index (χ0n) is 15.6. The molecule has 27 heavy (non-hydrogen) atoms. The molecule has 0 aliphatic carbocycles. The van der Waals surface area contributed by atoms with E-state index in [0.717, 1.165) is 21.3 Å². The van der Waals surface area contributed by atoms with Gasteiger partial charge >= 0.3 is 0 Å². The van der Waals surface area contributed by atoms with Crippen molar-refractivity contribution in [3.63, 3.8) is 0 Å². The molecule has 0 amide bonds. The lowest BCUT2D eigenvalue weighted by molar-refractivity contribution is -0.472. The third kappa shape index (κ3) is 3.56. The number of benzene rings is 2. The van der Waals surface area contributed by atoms with Gasteiger partial charge in [0, 0.05) is 4.91 Å². The van der Waals surface area contributed by atoms with Gasteiger partial charge in [-0.15, -0.1) is 0 Å². The fraction of sp³-hybridized carbons (Fsp3) is 0.238. The fourth-order valence-electron chi connectivity index (χ4n) is 3.05. The Bertz CT molecular complexity index is 1010. The molecule has 0 fully saturated rings. The number of hydrogen-bond donors (Lipinski definition) is 1. The maximum Gasteiger partial charge on any atom is 0.293 e. The molecule has 0 saturated heterocycles. The van der Waals surface area contributed by atoms with E-state index in [2.05, 4.69) is 0 Å². The minimum Gasteiger partial charge on any atom is -0.494 e. The first-order chi connectivity index (χ1) is 12.9. The van der Waals surface area contributed by atoms with Gasteiger partial charge in [0.25, 0.3) is 11.4 Å². The third-order valence-electron chi connectivity index (χ3n) is 4.45. The van der Waals surface area contributed by atoms with Crippen molar-refractivity contribution in [2.24, 2.45) is 0 Å². The summed E-state index contributed by atoms with van der Waals surface area (Å²) in [7, 11) is 0. The van der Waals surface area contributed by atoms with Crippen LogP contribution in [-0.4, -0.2) is 16.5 Å². The summed E-state index contributed by atoms with van der Waals surface area (Å²) in [5.74, 6) is 0.333. The van der Waals surface area contributed by atoms with E-state index in [1.54, 1.807) is 38.1 Å². The fourth-order valence-corrected chi connectivity index (χ4v) is 3.05. The Morgan fingerprint density at radius 1 is 0.963 bits per heavy atom. The molecule has 2 aromatic carbocycles. The standard InChI is InChI=1S/C21H22FN2O3/c1-4-13-27-19-11-7-17(8-12-19)21-15(3)23(25)14(2)20(24(21)26)16-5-9-18(22)10-6-16/h5-12,25H,4,13H2,1-3H3/q+1. The zero-order valence-corrected chi connectivity index (χ0v) is 15.6. The van der Waals surface area contributed by atoms with Crippen LogP contribution >= 0.6 is 0 Å². The van der Waals surface area contributed by atoms with E-state index in [1.807, 2.05) is 6.92 Å². The maximum atomic E-state index is 13.3. The van der Waals surface area contributed by atoms with Crippen LogP contribution < -0.4 is 9.16 Å². The Labute approximate surface area is 156 Å². The van der Waals surface area contributed by atoms with Crippen molar-refractivity contribution in [2.45, 2.75) is 27.2 Å². The molecule has 3 rings (SSSR count). The van der Waals surface area contributed by atoms with E-state index < -0.39 is 0 Å². The molecule has 0 saturated carbocycles. The van der Waals surface area contributed by atoms with Crippen molar-refractivity contribution in [2.75, 3.05) is 6.61 Å². The average molecular weight is 369 g/mol. The van der Waals surface area contributed by atoms with Crippen molar-refractivity contribution in [1.29, 1.82) is 0 Å². The summed E-state index contributed by atoms with van der Waals surface area (Å²) < 4.78 is 20.6. The van der Waals surface area contributed by atoms with Crippen molar-refractivity contribution >= 4 is 0 Å². The monoisotopic (exact) mass is 369 g/mol. The van der Waals surface area contributed by atoms with Crippen LogP contribution in [0.1, 0.15) is 24.7 Å². The molecular formula is C21H22FN2O3+. The number of hydrogen-bond acceptors (Lipinski definition) is 3. The number of halogens is 1. The smallest absolute Gasteiger partial charge is 0.293 e. The van der Waals surface area contributed by atoms with Crippen molar-refractivity contribution < 1.29 is 18.8 Å². The Hall–Kier alpha value is -3.15. The molecule has 1 heterocycles. The molecule has 0 atom stereocenters. The highest BCUT2D eigenvalue weighted by atomic mass is 19.1. The van der Waals surface area contributed by atoms with E-state index in [-0.39, 0.29) is 11.5 Å². The molecule has 0 aliphatic heterocycles. The molecule has 5 nitrogen and oxygen atoms in total. The van der Waals surface area contributed by atoms with Crippen LogP contribution in [0.5, 0.6) is 5.75 Å². The van der Waals surface area contributed by atoms with E-state index in [4.69, 9.17) is 4.74 Å². The van der Waals surface area contributed by atoms with Gasteiger partial charge in [0.05, 0.1) is 22.2 Å². The lowest BCUT2D eigenvalue weighted by atomic mass is 10.1. The van der Waals surface area contributed by atoms with E-state index in [1.165, 1.54) is 24.3 Å². The second kappa shape index (κ2) is 7.61. The first-order valence-electron chi connectivity index (χ1n) is 8.81. The van der Waals surface area contributed by atoms with Gasteiger partial charge in [-0.05, 0) is 68.8 Å². The van der Waals surface area contributed by atoms with Crippen LogP contribution in [0, 0.1) is 24.6 Å². The Morgan fingerprint density at radius 2 is 1.44 bits per heavy atom. The summed E-state index contributed by atoms with van der Waals surface area (Å²) in [6.45, 7) is 5.97. The zero-order chi connectivity index (χ0) is 19.6. The van der Waals surface area contributed by atoms with Crippen LogP contribution in [0.15, 0.2) is 48.5 Å². The highest BCUT2D eigenvalue weighted by Crippen LogP contribution is 2.27. The molecule has 1 N–H and O–H groups in total. The second-order valence-electron chi connectivity index (χ2n) is 6.35. The summed E-state index contributed by atoms with van der Waals surface area (Å²) in [5, 5.41) is 10.5. The largest absolute Gasteiger partial charge is 0.494 e. The molecule has 0 bridgehead atoms. The van der Waals surface area contributed by atoms with Crippen molar-refractivity contribution in [3.8, 4) is 28.3 Å².